The Morgan fingerprint density at radius 3 is 2.64 bits per heavy atom. The minimum atomic E-state index is 0.512. The average molecular weight is 386 g/mol. The van der Waals surface area contributed by atoms with Gasteiger partial charge in [-0.1, -0.05) is 30.3 Å². The van der Waals surface area contributed by atoms with Gasteiger partial charge in [0.05, 0.1) is 0 Å². The largest absolute Gasteiger partial charge is 0.357 e. The summed E-state index contributed by atoms with van der Waals surface area (Å²) >= 11 is 0. The van der Waals surface area contributed by atoms with Crippen molar-refractivity contribution in [3.63, 3.8) is 0 Å². The summed E-state index contributed by atoms with van der Waals surface area (Å²) in [5, 5.41) is 7.13. The van der Waals surface area contributed by atoms with Crippen LogP contribution in [0.4, 0.5) is 0 Å². The van der Waals surface area contributed by atoms with Crippen molar-refractivity contribution >= 4 is 5.96 Å². The number of hydrogen-bond donors (Lipinski definition) is 2. The first-order valence-corrected chi connectivity index (χ1v) is 11.3. The number of benzene rings is 1. The summed E-state index contributed by atoms with van der Waals surface area (Å²) in [4.78, 5) is 10.0. The average Bonchev–Trinajstić information content (AvgIpc) is 3.22. The highest BCUT2D eigenvalue weighted by Gasteiger charge is 2.25. The minimum absolute atomic E-state index is 0.512. The number of guanidine groups is 1. The molecule has 0 bridgehead atoms. The van der Waals surface area contributed by atoms with Gasteiger partial charge in [-0.3, -0.25) is 9.89 Å². The number of nitrogens with one attached hydrogen (secondary N) is 2. The van der Waals surface area contributed by atoms with E-state index in [1.54, 1.807) is 0 Å². The fourth-order valence-electron chi connectivity index (χ4n) is 4.41. The molecular formula is C23H39N5. The van der Waals surface area contributed by atoms with Crippen LogP contribution in [0.1, 0.15) is 51.5 Å². The van der Waals surface area contributed by atoms with Gasteiger partial charge in [-0.25, -0.2) is 0 Å². The van der Waals surface area contributed by atoms with Crippen LogP contribution in [0.3, 0.4) is 0 Å². The van der Waals surface area contributed by atoms with Crippen molar-refractivity contribution in [2.24, 2.45) is 4.99 Å². The monoisotopic (exact) mass is 385 g/mol. The van der Waals surface area contributed by atoms with Gasteiger partial charge in [-0.05, 0) is 71.1 Å². The molecule has 156 valence electrons. The fourth-order valence-corrected chi connectivity index (χ4v) is 4.41. The SMILES string of the molecule is CCNC(=NCCCN1CCCC1)NC1CCN(Cc2ccccc2)C(C)C1. The third kappa shape index (κ3) is 6.78. The van der Waals surface area contributed by atoms with E-state index < -0.39 is 0 Å². The maximum Gasteiger partial charge on any atom is 0.191 e. The molecule has 0 aromatic heterocycles. The molecule has 2 saturated heterocycles. The number of piperidine rings is 1. The number of likely N-dealkylation sites (tertiary alicyclic amines) is 2. The molecule has 0 spiro atoms. The normalized spacial score (nSPS) is 24.4. The van der Waals surface area contributed by atoms with Crippen LogP contribution in [0.5, 0.6) is 0 Å². The van der Waals surface area contributed by atoms with Gasteiger partial charge in [0.2, 0.25) is 0 Å². The van der Waals surface area contributed by atoms with Crippen LogP contribution < -0.4 is 10.6 Å². The van der Waals surface area contributed by atoms with Crippen molar-refractivity contribution in [3.05, 3.63) is 35.9 Å². The Morgan fingerprint density at radius 1 is 1.14 bits per heavy atom. The number of aliphatic imine (C=N–C) groups is 1. The molecule has 2 aliphatic heterocycles. The van der Waals surface area contributed by atoms with E-state index in [1.165, 1.54) is 50.9 Å². The maximum absolute atomic E-state index is 4.83. The van der Waals surface area contributed by atoms with Crippen molar-refractivity contribution < 1.29 is 0 Å². The molecule has 2 aliphatic rings. The van der Waals surface area contributed by atoms with Gasteiger partial charge in [0.1, 0.15) is 0 Å². The predicted octanol–water partition coefficient (Wildman–Crippen LogP) is 3.08. The van der Waals surface area contributed by atoms with Gasteiger partial charge in [-0.15, -0.1) is 0 Å². The smallest absolute Gasteiger partial charge is 0.191 e. The van der Waals surface area contributed by atoms with Crippen molar-refractivity contribution in [2.45, 2.75) is 64.6 Å². The van der Waals surface area contributed by atoms with Crippen LogP contribution in [-0.4, -0.2) is 67.1 Å². The summed E-state index contributed by atoms with van der Waals surface area (Å²) in [7, 11) is 0. The second-order valence-electron chi connectivity index (χ2n) is 8.33. The van der Waals surface area contributed by atoms with Gasteiger partial charge < -0.3 is 15.5 Å². The number of hydrogen-bond acceptors (Lipinski definition) is 3. The molecule has 2 fully saturated rings. The Kier molecular flexibility index (Phi) is 8.62. The van der Waals surface area contributed by atoms with Crippen LogP contribution in [0.2, 0.25) is 0 Å². The summed E-state index contributed by atoms with van der Waals surface area (Å²) < 4.78 is 0. The van der Waals surface area contributed by atoms with Crippen molar-refractivity contribution in [1.29, 1.82) is 0 Å². The Balaban J connectivity index is 1.42. The third-order valence-electron chi connectivity index (χ3n) is 6.03. The number of nitrogens with zero attached hydrogens (tertiary/aromatic N) is 3. The lowest BCUT2D eigenvalue weighted by molar-refractivity contribution is 0.134. The molecule has 28 heavy (non-hydrogen) atoms. The lowest BCUT2D eigenvalue weighted by Gasteiger charge is -2.38. The zero-order chi connectivity index (χ0) is 19.6. The molecule has 5 heteroatoms. The van der Waals surface area contributed by atoms with E-state index in [0.717, 1.165) is 38.6 Å². The second-order valence-corrected chi connectivity index (χ2v) is 8.33. The first-order valence-electron chi connectivity index (χ1n) is 11.3. The van der Waals surface area contributed by atoms with E-state index in [9.17, 15) is 0 Å². The molecular weight excluding hydrogens is 346 g/mol. The molecule has 0 radical (unpaired) electrons. The molecule has 0 saturated carbocycles. The zero-order valence-corrected chi connectivity index (χ0v) is 17.9. The van der Waals surface area contributed by atoms with Crippen LogP contribution in [0.15, 0.2) is 35.3 Å². The van der Waals surface area contributed by atoms with Crippen molar-refractivity contribution in [1.82, 2.24) is 20.4 Å². The second kappa shape index (κ2) is 11.4. The molecule has 3 rings (SSSR count). The quantitative estimate of drug-likeness (QED) is 0.410. The van der Waals surface area contributed by atoms with Gasteiger partial charge in [0.15, 0.2) is 5.96 Å². The molecule has 5 nitrogen and oxygen atoms in total. The van der Waals surface area contributed by atoms with Crippen molar-refractivity contribution in [3.8, 4) is 0 Å². The standard InChI is InChI=1S/C23H39N5/c1-3-24-23(25-13-9-16-27-14-7-8-15-27)26-22-12-17-28(20(2)18-22)19-21-10-5-4-6-11-21/h4-6,10-11,20,22H,3,7-9,12-19H2,1-2H3,(H2,24,25,26). The topological polar surface area (TPSA) is 42.9 Å². The summed E-state index contributed by atoms with van der Waals surface area (Å²) in [6.45, 7) is 12.3. The molecule has 2 N–H and O–H groups in total. The van der Waals surface area contributed by atoms with Crippen LogP contribution in [0, 0.1) is 0 Å². The zero-order valence-electron chi connectivity index (χ0n) is 17.9. The predicted molar refractivity (Wildman–Crippen MR) is 119 cm³/mol. The van der Waals surface area contributed by atoms with E-state index in [1.807, 2.05) is 0 Å². The highest BCUT2D eigenvalue weighted by Crippen LogP contribution is 2.20. The first kappa shape index (κ1) is 21.1. The van der Waals surface area contributed by atoms with E-state index in [2.05, 4.69) is 64.6 Å². The van der Waals surface area contributed by atoms with E-state index in [-0.39, 0.29) is 0 Å². The van der Waals surface area contributed by atoms with E-state index >= 15 is 0 Å². The maximum atomic E-state index is 4.83. The van der Waals surface area contributed by atoms with Crippen LogP contribution in [-0.2, 0) is 6.54 Å². The Hall–Kier alpha value is -1.59. The van der Waals surface area contributed by atoms with Crippen LogP contribution >= 0.6 is 0 Å². The Bertz CT molecular complexity index is 582. The first-order chi connectivity index (χ1) is 13.7. The molecule has 2 atom stereocenters. The van der Waals surface area contributed by atoms with E-state index in [4.69, 9.17) is 4.99 Å². The van der Waals surface area contributed by atoms with Gasteiger partial charge in [0, 0.05) is 38.3 Å². The van der Waals surface area contributed by atoms with E-state index in [0.29, 0.717) is 12.1 Å². The summed E-state index contributed by atoms with van der Waals surface area (Å²) in [6, 6.07) is 11.9. The molecule has 2 unspecified atom stereocenters. The van der Waals surface area contributed by atoms with Gasteiger partial charge >= 0.3 is 0 Å². The number of rotatable bonds is 8. The fraction of sp³-hybridized carbons (Fsp3) is 0.696. The third-order valence-corrected chi connectivity index (χ3v) is 6.03. The lowest BCUT2D eigenvalue weighted by Crippen LogP contribution is -2.51. The van der Waals surface area contributed by atoms with Gasteiger partial charge in [-0.2, -0.15) is 0 Å². The molecule has 0 amide bonds. The highest BCUT2D eigenvalue weighted by atomic mass is 15.2. The Labute approximate surface area is 171 Å². The molecule has 2 heterocycles. The lowest BCUT2D eigenvalue weighted by atomic mass is 9.97. The highest BCUT2D eigenvalue weighted by molar-refractivity contribution is 5.80. The van der Waals surface area contributed by atoms with Gasteiger partial charge in [0.25, 0.3) is 0 Å². The molecule has 1 aromatic carbocycles. The molecule has 1 aromatic rings. The van der Waals surface area contributed by atoms with Crippen molar-refractivity contribution in [2.75, 3.05) is 39.3 Å². The molecule has 0 aliphatic carbocycles. The summed E-state index contributed by atoms with van der Waals surface area (Å²) in [5.41, 5.74) is 1.41. The minimum Gasteiger partial charge on any atom is -0.357 e. The Morgan fingerprint density at radius 2 is 1.93 bits per heavy atom. The summed E-state index contributed by atoms with van der Waals surface area (Å²) in [5.74, 6) is 0.998. The van der Waals surface area contributed by atoms with Crippen LogP contribution in [0.25, 0.3) is 0 Å². The summed E-state index contributed by atoms with van der Waals surface area (Å²) in [6.07, 6.45) is 6.24.